The number of pyridine rings is 1. The van der Waals surface area contributed by atoms with E-state index >= 15 is 0 Å². The van der Waals surface area contributed by atoms with Crippen molar-refractivity contribution in [3.8, 4) is 0 Å². The van der Waals surface area contributed by atoms with E-state index < -0.39 is 5.97 Å². The van der Waals surface area contributed by atoms with Crippen molar-refractivity contribution < 1.29 is 9.90 Å². The summed E-state index contributed by atoms with van der Waals surface area (Å²) in [6.45, 7) is 7.31. The van der Waals surface area contributed by atoms with Crippen molar-refractivity contribution in [2.24, 2.45) is 0 Å². The minimum Gasteiger partial charge on any atom is -0.478 e. The number of aromatic nitrogens is 3. The van der Waals surface area contributed by atoms with Crippen molar-refractivity contribution in [1.82, 2.24) is 15.0 Å². The number of carboxylic acids is 1. The van der Waals surface area contributed by atoms with Gasteiger partial charge < -0.3 is 5.11 Å². The van der Waals surface area contributed by atoms with Gasteiger partial charge >= 0.3 is 5.97 Å². The normalized spacial score (nSPS) is 10.6. The van der Waals surface area contributed by atoms with Gasteiger partial charge in [-0.05, 0) is 51.6 Å². The lowest BCUT2D eigenvalue weighted by Gasteiger charge is -2.09. The molecule has 0 saturated heterocycles. The maximum atomic E-state index is 11.4. The van der Waals surface area contributed by atoms with Crippen molar-refractivity contribution in [2.45, 2.75) is 37.7 Å². The minimum atomic E-state index is -0.984. The van der Waals surface area contributed by atoms with Crippen molar-refractivity contribution in [2.75, 3.05) is 0 Å². The molecule has 104 valence electrons. The molecule has 0 spiro atoms. The highest BCUT2D eigenvalue weighted by molar-refractivity contribution is 7.99. The highest BCUT2D eigenvalue weighted by Crippen LogP contribution is 2.30. The predicted octanol–water partition coefficient (Wildman–Crippen LogP) is 2.95. The second kappa shape index (κ2) is 5.58. The van der Waals surface area contributed by atoms with E-state index in [9.17, 15) is 9.90 Å². The van der Waals surface area contributed by atoms with Crippen LogP contribution < -0.4 is 0 Å². The SMILES string of the molecule is Cc1cc(C)nc(Sc2cc(C)nc(C)c2C(=O)O)n1. The zero-order valence-corrected chi connectivity index (χ0v) is 12.6. The number of aryl methyl sites for hydroxylation is 4. The molecule has 0 unspecified atom stereocenters. The summed E-state index contributed by atoms with van der Waals surface area (Å²) in [4.78, 5) is 24.9. The predicted molar refractivity (Wildman–Crippen MR) is 76.3 cm³/mol. The lowest BCUT2D eigenvalue weighted by molar-refractivity contribution is 0.0691. The van der Waals surface area contributed by atoms with Crippen LogP contribution in [0.1, 0.15) is 33.1 Å². The molecular formula is C14H15N3O2S. The first kappa shape index (κ1) is 14.5. The van der Waals surface area contributed by atoms with E-state index in [0.717, 1.165) is 17.1 Å². The number of carbonyl (C=O) groups is 1. The van der Waals surface area contributed by atoms with E-state index in [1.54, 1.807) is 13.0 Å². The molecular weight excluding hydrogens is 274 g/mol. The summed E-state index contributed by atoms with van der Waals surface area (Å²) in [6, 6.07) is 3.63. The molecule has 2 aromatic heterocycles. The Balaban J connectivity index is 2.49. The summed E-state index contributed by atoms with van der Waals surface area (Å²) in [5.41, 5.74) is 3.21. The molecule has 6 heteroatoms. The molecule has 0 fully saturated rings. The fourth-order valence-electron chi connectivity index (χ4n) is 1.97. The van der Waals surface area contributed by atoms with Gasteiger partial charge in [0.2, 0.25) is 0 Å². The van der Waals surface area contributed by atoms with Crippen LogP contribution in [0, 0.1) is 27.7 Å². The zero-order chi connectivity index (χ0) is 14.9. The number of carboxylic acid groups (broad SMARTS) is 1. The first-order valence-corrected chi connectivity index (χ1v) is 6.90. The summed E-state index contributed by atoms with van der Waals surface area (Å²) in [7, 11) is 0. The fourth-order valence-corrected chi connectivity index (χ4v) is 3.11. The standard InChI is InChI=1S/C14H15N3O2S/c1-7-5-8(2)17-14(16-7)20-11-6-9(3)15-10(4)12(11)13(18)19/h5-6H,1-4H3,(H,18,19). The molecule has 0 amide bonds. The molecule has 0 atom stereocenters. The maximum Gasteiger partial charge on any atom is 0.338 e. The zero-order valence-electron chi connectivity index (χ0n) is 11.8. The Morgan fingerprint density at radius 1 is 1.00 bits per heavy atom. The molecule has 0 radical (unpaired) electrons. The third-order valence-electron chi connectivity index (χ3n) is 2.67. The van der Waals surface area contributed by atoms with Gasteiger partial charge in [0, 0.05) is 22.0 Å². The van der Waals surface area contributed by atoms with E-state index in [4.69, 9.17) is 0 Å². The van der Waals surface area contributed by atoms with E-state index in [0.29, 0.717) is 15.7 Å². The summed E-state index contributed by atoms with van der Waals surface area (Å²) >= 11 is 1.26. The smallest absolute Gasteiger partial charge is 0.338 e. The fraction of sp³-hybridized carbons (Fsp3) is 0.286. The van der Waals surface area contributed by atoms with Gasteiger partial charge in [0.15, 0.2) is 5.16 Å². The Labute approximate surface area is 121 Å². The highest BCUT2D eigenvalue weighted by Gasteiger charge is 2.17. The molecule has 20 heavy (non-hydrogen) atoms. The van der Waals surface area contributed by atoms with Crippen LogP contribution in [0.4, 0.5) is 0 Å². The molecule has 2 heterocycles. The Morgan fingerprint density at radius 2 is 1.55 bits per heavy atom. The van der Waals surface area contributed by atoms with E-state index in [1.165, 1.54) is 11.8 Å². The van der Waals surface area contributed by atoms with Crippen molar-refractivity contribution in [3.05, 3.63) is 40.5 Å². The van der Waals surface area contributed by atoms with Crippen LogP contribution in [0.2, 0.25) is 0 Å². The second-order valence-corrected chi connectivity index (χ2v) is 5.57. The first-order valence-electron chi connectivity index (χ1n) is 6.08. The van der Waals surface area contributed by atoms with E-state index in [-0.39, 0.29) is 5.56 Å². The van der Waals surface area contributed by atoms with Crippen molar-refractivity contribution in [1.29, 1.82) is 0 Å². The average Bonchev–Trinajstić information content (AvgIpc) is 2.25. The van der Waals surface area contributed by atoms with Crippen LogP contribution in [0.25, 0.3) is 0 Å². The first-order chi connectivity index (χ1) is 9.36. The van der Waals surface area contributed by atoms with Gasteiger partial charge in [-0.15, -0.1) is 0 Å². The molecule has 5 nitrogen and oxygen atoms in total. The molecule has 2 aromatic rings. The van der Waals surface area contributed by atoms with Gasteiger partial charge in [0.25, 0.3) is 0 Å². The van der Waals surface area contributed by atoms with Crippen LogP contribution in [0.3, 0.4) is 0 Å². The Hall–Kier alpha value is -1.95. The van der Waals surface area contributed by atoms with Gasteiger partial charge in [-0.1, -0.05) is 0 Å². The number of hydrogen-bond donors (Lipinski definition) is 1. The van der Waals surface area contributed by atoms with E-state index in [1.807, 2.05) is 26.8 Å². The highest BCUT2D eigenvalue weighted by atomic mass is 32.2. The van der Waals surface area contributed by atoms with Gasteiger partial charge in [-0.2, -0.15) is 0 Å². The van der Waals surface area contributed by atoms with Gasteiger partial charge in [0.1, 0.15) is 0 Å². The van der Waals surface area contributed by atoms with Crippen LogP contribution in [0.5, 0.6) is 0 Å². The van der Waals surface area contributed by atoms with Gasteiger partial charge in [0.05, 0.1) is 11.3 Å². The minimum absolute atomic E-state index is 0.211. The largest absolute Gasteiger partial charge is 0.478 e. The number of rotatable bonds is 3. The summed E-state index contributed by atoms with van der Waals surface area (Å²) in [5.74, 6) is -0.984. The number of hydrogen-bond acceptors (Lipinski definition) is 5. The third kappa shape index (κ3) is 3.14. The third-order valence-corrected chi connectivity index (χ3v) is 3.58. The van der Waals surface area contributed by atoms with Crippen LogP contribution in [-0.2, 0) is 0 Å². The summed E-state index contributed by atoms with van der Waals surface area (Å²) < 4.78 is 0. The summed E-state index contributed by atoms with van der Waals surface area (Å²) in [5, 5.41) is 9.88. The number of nitrogens with zero attached hydrogens (tertiary/aromatic N) is 3. The second-order valence-electron chi connectivity index (χ2n) is 4.56. The lowest BCUT2D eigenvalue weighted by atomic mass is 10.2. The Morgan fingerprint density at radius 3 is 2.10 bits per heavy atom. The molecule has 1 N–H and O–H groups in total. The molecule has 0 aliphatic heterocycles. The average molecular weight is 289 g/mol. The monoisotopic (exact) mass is 289 g/mol. The molecule has 0 aromatic carbocycles. The molecule has 0 bridgehead atoms. The topological polar surface area (TPSA) is 76.0 Å². The maximum absolute atomic E-state index is 11.4. The van der Waals surface area contributed by atoms with Crippen LogP contribution in [0.15, 0.2) is 22.2 Å². The van der Waals surface area contributed by atoms with Crippen LogP contribution >= 0.6 is 11.8 Å². The van der Waals surface area contributed by atoms with Gasteiger partial charge in [-0.3, -0.25) is 4.98 Å². The quantitative estimate of drug-likeness (QED) is 0.875. The Kier molecular flexibility index (Phi) is 4.04. The number of aromatic carboxylic acids is 1. The molecule has 0 aliphatic carbocycles. The van der Waals surface area contributed by atoms with Crippen molar-refractivity contribution >= 4 is 17.7 Å². The molecule has 0 aliphatic rings. The molecule has 2 rings (SSSR count). The van der Waals surface area contributed by atoms with Gasteiger partial charge in [-0.25, -0.2) is 14.8 Å². The summed E-state index contributed by atoms with van der Waals surface area (Å²) in [6.07, 6.45) is 0. The molecule has 0 saturated carbocycles. The lowest BCUT2D eigenvalue weighted by Crippen LogP contribution is -2.06. The van der Waals surface area contributed by atoms with Crippen molar-refractivity contribution in [3.63, 3.8) is 0 Å². The van der Waals surface area contributed by atoms with Crippen LogP contribution in [-0.4, -0.2) is 26.0 Å². The van der Waals surface area contributed by atoms with E-state index in [2.05, 4.69) is 15.0 Å². The Bertz CT molecular complexity index is 666.